The van der Waals surface area contributed by atoms with Crippen LogP contribution in [0.3, 0.4) is 0 Å². The summed E-state index contributed by atoms with van der Waals surface area (Å²) in [6.45, 7) is 0. The minimum atomic E-state index is -0.758. The Morgan fingerprint density at radius 2 is 2.12 bits per heavy atom. The van der Waals surface area contributed by atoms with Crippen molar-refractivity contribution in [2.75, 3.05) is 7.05 Å². The quantitative estimate of drug-likeness (QED) is 0.828. The first-order valence-corrected chi connectivity index (χ1v) is 5.83. The lowest BCUT2D eigenvalue weighted by Gasteiger charge is -2.29. The molecule has 16 heavy (non-hydrogen) atoms. The Morgan fingerprint density at radius 1 is 1.38 bits per heavy atom. The first kappa shape index (κ1) is 11.5. The molecule has 2 rings (SSSR count). The molecule has 1 atom stereocenters. The van der Waals surface area contributed by atoms with E-state index in [1.807, 2.05) is 0 Å². The molecular formula is C13H17F2N. The van der Waals surface area contributed by atoms with E-state index in [2.05, 4.69) is 5.32 Å². The number of benzene rings is 1. The Bertz CT molecular complexity index is 361. The van der Waals surface area contributed by atoms with E-state index in [1.165, 1.54) is 19.3 Å². The van der Waals surface area contributed by atoms with Gasteiger partial charge in [-0.05, 0) is 25.5 Å². The lowest BCUT2D eigenvalue weighted by molar-refractivity contribution is 0.263. The van der Waals surface area contributed by atoms with Crippen molar-refractivity contribution >= 4 is 0 Å². The Morgan fingerprint density at radius 3 is 2.69 bits per heavy atom. The van der Waals surface area contributed by atoms with Crippen molar-refractivity contribution in [2.24, 2.45) is 5.92 Å². The topological polar surface area (TPSA) is 12.0 Å². The Balaban J connectivity index is 2.15. The van der Waals surface area contributed by atoms with Crippen molar-refractivity contribution in [1.82, 2.24) is 5.32 Å². The van der Waals surface area contributed by atoms with Gasteiger partial charge >= 0.3 is 0 Å². The molecule has 1 saturated carbocycles. The molecule has 0 aromatic heterocycles. The van der Waals surface area contributed by atoms with Crippen molar-refractivity contribution in [2.45, 2.75) is 31.7 Å². The van der Waals surface area contributed by atoms with E-state index < -0.39 is 11.6 Å². The van der Waals surface area contributed by atoms with Crippen molar-refractivity contribution in [1.29, 1.82) is 0 Å². The van der Waals surface area contributed by atoms with Crippen LogP contribution in [0.4, 0.5) is 8.78 Å². The van der Waals surface area contributed by atoms with Gasteiger partial charge < -0.3 is 5.32 Å². The average Bonchev–Trinajstić information content (AvgIpc) is 2.22. The van der Waals surface area contributed by atoms with Crippen molar-refractivity contribution in [3.05, 3.63) is 35.4 Å². The van der Waals surface area contributed by atoms with E-state index in [0.29, 0.717) is 11.5 Å². The maximum absolute atomic E-state index is 13.6. The highest BCUT2D eigenvalue weighted by molar-refractivity contribution is 5.22. The Hall–Kier alpha value is -0.960. The summed E-state index contributed by atoms with van der Waals surface area (Å²) in [7, 11) is 1.80. The maximum atomic E-state index is 13.6. The number of hydrogen-bond acceptors (Lipinski definition) is 1. The fourth-order valence-corrected chi connectivity index (χ4v) is 2.25. The highest BCUT2D eigenvalue weighted by atomic mass is 19.2. The molecular weight excluding hydrogens is 208 g/mol. The summed E-state index contributed by atoms with van der Waals surface area (Å²) in [6.07, 6.45) is 4.60. The minimum absolute atomic E-state index is 0.0685. The summed E-state index contributed by atoms with van der Waals surface area (Å²) < 4.78 is 26.7. The minimum Gasteiger partial charge on any atom is -0.313 e. The zero-order valence-electron chi connectivity index (χ0n) is 9.47. The predicted molar refractivity (Wildman–Crippen MR) is 60.1 cm³/mol. The smallest absolute Gasteiger partial charge is 0.163 e. The molecule has 1 aromatic carbocycles. The summed E-state index contributed by atoms with van der Waals surface area (Å²) in [4.78, 5) is 0. The Kier molecular flexibility index (Phi) is 3.54. The third-order valence-electron chi connectivity index (χ3n) is 3.50. The van der Waals surface area contributed by atoms with Gasteiger partial charge in [-0.3, -0.25) is 0 Å². The molecule has 0 aliphatic heterocycles. The van der Waals surface area contributed by atoms with Gasteiger partial charge in [0.1, 0.15) is 0 Å². The Labute approximate surface area is 94.9 Å². The van der Waals surface area contributed by atoms with Crippen molar-refractivity contribution in [3.8, 4) is 0 Å². The van der Waals surface area contributed by atoms with Crippen LogP contribution in [0, 0.1) is 17.6 Å². The van der Waals surface area contributed by atoms with Crippen molar-refractivity contribution in [3.63, 3.8) is 0 Å². The molecule has 0 amide bonds. The second-order valence-corrected chi connectivity index (χ2v) is 4.52. The summed E-state index contributed by atoms with van der Waals surface area (Å²) in [5.41, 5.74) is 0.453. The van der Waals surface area contributed by atoms with Crippen LogP contribution in [0.15, 0.2) is 18.2 Å². The maximum Gasteiger partial charge on any atom is 0.163 e. The summed E-state index contributed by atoms with van der Waals surface area (Å²) in [5.74, 6) is -0.798. The molecule has 0 radical (unpaired) electrons. The highest BCUT2D eigenvalue weighted by Gasteiger charge is 2.24. The predicted octanol–water partition coefficient (Wildman–Crippen LogP) is 3.42. The number of nitrogens with one attached hydrogen (secondary N) is 1. The van der Waals surface area contributed by atoms with E-state index in [1.54, 1.807) is 19.2 Å². The molecule has 1 aromatic rings. The standard InChI is InChI=1S/C13H17F2N/c1-16-12(8-9-4-2-5-9)10-6-3-7-11(14)13(10)15/h3,6-7,9,12,16H,2,4-5,8H2,1H3. The van der Waals surface area contributed by atoms with Crippen LogP contribution in [0.25, 0.3) is 0 Å². The van der Waals surface area contributed by atoms with Crippen LogP contribution in [-0.2, 0) is 0 Å². The third kappa shape index (κ3) is 2.24. The van der Waals surface area contributed by atoms with E-state index in [4.69, 9.17) is 0 Å². The fourth-order valence-electron chi connectivity index (χ4n) is 2.25. The van der Waals surface area contributed by atoms with Gasteiger partial charge in [0.05, 0.1) is 0 Å². The summed E-state index contributed by atoms with van der Waals surface area (Å²) in [6, 6.07) is 4.33. The van der Waals surface area contributed by atoms with Crippen LogP contribution in [-0.4, -0.2) is 7.05 Å². The monoisotopic (exact) mass is 225 g/mol. The fraction of sp³-hybridized carbons (Fsp3) is 0.538. The zero-order chi connectivity index (χ0) is 11.5. The molecule has 1 aliphatic carbocycles. The number of rotatable bonds is 4. The third-order valence-corrected chi connectivity index (χ3v) is 3.50. The molecule has 0 heterocycles. The van der Waals surface area contributed by atoms with Crippen LogP contribution in [0.1, 0.15) is 37.3 Å². The molecule has 88 valence electrons. The SMILES string of the molecule is CNC(CC1CCC1)c1cccc(F)c1F. The first-order valence-electron chi connectivity index (χ1n) is 5.83. The lowest BCUT2D eigenvalue weighted by atomic mass is 9.79. The number of hydrogen-bond donors (Lipinski definition) is 1. The molecule has 1 N–H and O–H groups in total. The van der Waals surface area contributed by atoms with Crippen LogP contribution >= 0.6 is 0 Å². The van der Waals surface area contributed by atoms with Gasteiger partial charge in [0.25, 0.3) is 0 Å². The molecule has 0 saturated heterocycles. The van der Waals surface area contributed by atoms with E-state index in [-0.39, 0.29) is 6.04 Å². The lowest BCUT2D eigenvalue weighted by Crippen LogP contribution is -2.24. The second-order valence-electron chi connectivity index (χ2n) is 4.52. The molecule has 0 spiro atoms. The number of halogens is 2. The van der Waals surface area contributed by atoms with Gasteiger partial charge in [-0.15, -0.1) is 0 Å². The van der Waals surface area contributed by atoms with Gasteiger partial charge in [-0.2, -0.15) is 0 Å². The van der Waals surface area contributed by atoms with Crippen molar-refractivity contribution < 1.29 is 8.78 Å². The van der Waals surface area contributed by atoms with E-state index >= 15 is 0 Å². The summed E-state index contributed by atoms with van der Waals surface area (Å²) in [5, 5.41) is 3.08. The largest absolute Gasteiger partial charge is 0.313 e. The van der Waals surface area contributed by atoms with Gasteiger partial charge in [-0.1, -0.05) is 31.4 Å². The molecule has 1 unspecified atom stereocenters. The van der Waals surface area contributed by atoms with Gasteiger partial charge in [0, 0.05) is 11.6 Å². The van der Waals surface area contributed by atoms with Crippen LogP contribution in [0.5, 0.6) is 0 Å². The van der Waals surface area contributed by atoms with Crippen LogP contribution in [0.2, 0.25) is 0 Å². The van der Waals surface area contributed by atoms with Gasteiger partial charge in [0.2, 0.25) is 0 Å². The summed E-state index contributed by atoms with van der Waals surface area (Å²) >= 11 is 0. The van der Waals surface area contributed by atoms with Crippen LogP contribution < -0.4 is 5.32 Å². The molecule has 1 aliphatic rings. The molecule has 1 nitrogen and oxygen atoms in total. The second kappa shape index (κ2) is 4.91. The van der Waals surface area contributed by atoms with E-state index in [0.717, 1.165) is 12.5 Å². The molecule has 3 heteroatoms. The average molecular weight is 225 g/mol. The van der Waals surface area contributed by atoms with E-state index in [9.17, 15) is 8.78 Å². The molecule has 0 bridgehead atoms. The normalized spacial score (nSPS) is 18.2. The first-order chi connectivity index (χ1) is 7.72. The molecule has 1 fully saturated rings. The highest BCUT2D eigenvalue weighted by Crippen LogP contribution is 2.35. The zero-order valence-corrected chi connectivity index (χ0v) is 9.47. The van der Waals surface area contributed by atoms with Gasteiger partial charge in [0.15, 0.2) is 11.6 Å². The van der Waals surface area contributed by atoms with Gasteiger partial charge in [-0.25, -0.2) is 8.78 Å².